The van der Waals surface area contributed by atoms with Crippen LogP contribution in [-0.4, -0.2) is 18.1 Å². The standard InChI is InChI=1S/C27H24OP.C24BF20/c1-22-13-11-12-20-26(22)27(28)21-29(23-14-5-2-6-15-23,24-16-7-3-8-17-24)25-18-9-4-10-19-25;26-5-1(6(27)14(35)21(42)13(5)34)25(2-7(28)15(36)22(43)16(37)8(2)29,3-9(30)17(38)23(44)18(39)10(3)31)4-11(32)19(40)24(45)20(41)12(4)33/h2-20H,21H2,1H3;/q+1;-1. The first-order valence-electron chi connectivity index (χ1n) is 20.8. The summed E-state index contributed by atoms with van der Waals surface area (Å²) in [6.07, 6.45) is -6.74. The molecule has 0 aliphatic carbocycles. The van der Waals surface area contributed by atoms with Crippen molar-refractivity contribution in [2.75, 3.05) is 6.16 Å². The average Bonchev–Trinajstić information content (AvgIpc) is 3.41. The van der Waals surface area contributed by atoms with Gasteiger partial charge in [-0.3, -0.25) is 4.79 Å². The van der Waals surface area contributed by atoms with Crippen molar-refractivity contribution in [3.05, 3.63) is 243 Å². The van der Waals surface area contributed by atoms with Crippen LogP contribution in [0.4, 0.5) is 87.8 Å². The highest BCUT2D eigenvalue weighted by molar-refractivity contribution is 7.96. The van der Waals surface area contributed by atoms with E-state index < -0.39 is 152 Å². The maximum absolute atomic E-state index is 15.4. The van der Waals surface area contributed by atoms with Crippen molar-refractivity contribution in [1.29, 1.82) is 0 Å². The summed E-state index contributed by atoms with van der Waals surface area (Å²) in [4.78, 5) is 13.6. The number of aryl methyl sites for hydroxylation is 1. The number of carbonyl (C=O) groups excluding carboxylic acids is 1. The molecular weight excluding hydrogens is 1050 g/mol. The monoisotopic (exact) mass is 1070 g/mol. The third-order valence-electron chi connectivity index (χ3n) is 12.1. The highest BCUT2D eigenvalue weighted by Gasteiger charge is 2.53. The maximum atomic E-state index is 15.4. The summed E-state index contributed by atoms with van der Waals surface area (Å²) in [7, 11) is -2.14. The summed E-state index contributed by atoms with van der Waals surface area (Å²) in [5, 5.41) is 3.71. The fraction of sp³-hybridized carbons (Fsp3) is 0.0392. The minimum absolute atomic E-state index is 0.202. The quantitative estimate of drug-likeness (QED) is 0.0333. The molecule has 0 amide bonds. The minimum atomic E-state index is -7.22. The SMILES string of the molecule is Cc1ccccc1C(=O)C[P+](c1ccccc1)(c1ccccc1)c1ccccc1.Fc1c(F)c(F)c([B-](c2c(F)c(F)c(F)c(F)c2F)(c2c(F)c(F)c(F)c(F)c2F)c2c(F)c(F)c(F)c(F)c2F)c(F)c1F. The molecule has 382 valence electrons. The average molecular weight is 1070 g/mol. The molecule has 0 atom stereocenters. The second-order valence-corrected chi connectivity index (χ2v) is 19.5. The van der Waals surface area contributed by atoms with Crippen LogP contribution in [0.5, 0.6) is 0 Å². The summed E-state index contributed by atoms with van der Waals surface area (Å²) < 4.78 is 294. The Morgan fingerprint density at radius 3 is 0.743 bits per heavy atom. The van der Waals surface area contributed by atoms with E-state index in [1.54, 1.807) is 0 Å². The first-order valence-corrected chi connectivity index (χ1v) is 22.8. The van der Waals surface area contributed by atoms with E-state index in [0.29, 0.717) is 6.16 Å². The molecule has 0 saturated heterocycles. The summed E-state index contributed by atoms with van der Waals surface area (Å²) in [6, 6.07) is 39.6. The lowest BCUT2D eigenvalue weighted by Crippen LogP contribution is -2.81. The number of rotatable bonds is 10. The van der Waals surface area contributed by atoms with E-state index in [9.17, 15) is 57.5 Å². The number of halogens is 20. The van der Waals surface area contributed by atoms with Crippen LogP contribution in [0, 0.1) is 123 Å². The Bertz CT molecular complexity index is 3030. The topological polar surface area (TPSA) is 17.1 Å². The number of ketones is 1. The number of benzene rings is 8. The van der Waals surface area contributed by atoms with Gasteiger partial charge in [0, 0.05) is 5.56 Å². The van der Waals surface area contributed by atoms with Gasteiger partial charge in [0.15, 0.2) is 69.8 Å². The van der Waals surface area contributed by atoms with Crippen molar-refractivity contribution in [1.82, 2.24) is 0 Å². The largest absolute Gasteiger partial charge is 0.290 e. The van der Waals surface area contributed by atoms with Crippen LogP contribution in [0.3, 0.4) is 0 Å². The first-order chi connectivity index (χ1) is 34.9. The first kappa shape index (κ1) is 54.3. The lowest BCUT2D eigenvalue weighted by molar-refractivity contribution is 0.102. The van der Waals surface area contributed by atoms with E-state index in [1.807, 2.05) is 49.4 Å². The Morgan fingerprint density at radius 1 is 0.311 bits per heavy atom. The Labute approximate surface area is 404 Å². The van der Waals surface area contributed by atoms with Crippen LogP contribution in [0.25, 0.3) is 0 Å². The van der Waals surface area contributed by atoms with Crippen molar-refractivity contribution in [2.24, 2.45) is 0 Å². The zero-order valence-corrected chi connectivity index (χ0v) is 37.6. The molecular formula is C51H24BF20OP. The van der Waals surface area contributed by atoms with Crippen LogP contribution in [0.1, 0.15) is 15.9 Å². The molecule has 0 unspecified atom stereocenters. The smallest absolute Gasteiger partial charge is 0.201 e. The van der Waals surface area contributed by atoms with E-state index in [2.05, 4.69) is 72.8 Å². The third-order valence-corrected chi connectivity index (χ3v) is 16.4. The molecule has 0 fully saturated rings. The predicted octanol–water partition coefficient (Wildman–Crippen LogP) is 11.0. The maximum Gasteiger partial charge on any atom is 0.201 e. The van der Waals surface area contributed by atoms with E-state index in [1.165, 1.54) is 15.9 Å². The minimum Gasteiger partial charge on any atom is -0.290 e. The predicted molar refractivity (Wildman–Crippen MR) is 235 cm³/mol. The zero-order chi connectivity index (χ0) is 54.5. The molecule has 23 heteroatoms. The van der Waals surface area contributed by atoms with E-state index in [-0.39, 0.29) is 5.78 Å². The number of hydrogen-bond acceptors (Lipinski definition) is 1. The molecule has 0 radical (unpaired) electrons. The van der Waals surface area contributed by atoms with Gasteiger partial charge < -0.3 is 0 Å². The van der Waals surface area contributed by atoms with Gasteiger partial charge in [-0.15, -0.1) is 21.9 Å². The molecule has 1 nitrogen and oxygen atoms in total. The van der Waals surface area contributed by atoms with Crippen molar-refractivity contribution in [2.45, 2.75) is 6.92 Å². The molecule has 0 spiro atoms. The highest BCUT2D eigenvalue weighted by Crippen LogP contribution is 2.55. The second-order valence-electron chi connectivity index (χ2n) is 16.0. The molecule has 0 aliphatic heterocycles. The normalized spacial score (nSPS) is 11.7. The van der Waals surface area contributed by atoms with Crippen molar-refractivity contribution >= 4 is 57.0 Å². The van der Waals surface area contributed by atoms with Gasteiger partial charge in [-0.25, -0.2) is 87.8 Å². The van der Waals surface area contributed by atoms with Crippen LogP contribution in [0.15, 0.2) is 115 Å². The number of Topliss-reactive ketones (excluding diaryl/α,β-unsaturated/α-hetero) is 1. The number of hydrogen-bond donors (Lipinski definition) is 0. The lowest BCUT2D eigenvalue weighted by atomic mass is 9.12. The van der Waals surface area contributed by atoms with Gasteiger partial charge in [0.25, 0.3) is 0 Å². The lowest BCUT2D eigenvalue weighted by Gasteiger charge is -2.44. The van der Waals surface area contributed by atoms with E-state index in [4.69, 9.17) is 0 Å². The Kier molecular flexibility index (Phi) is 15.3. The van der Waals surface area contributed by atoms with E-state index >= 15 is 35.1 Å². The van der Waals surface area contributed by atoms with Gasteiger partial charge >= 0.3 is 0 Å². The molecule has 0 bridgehead atoms. The zero-order valence-electron chi connectivity index (χ0n) is 36.7. The van der Waals surface area contributed by atoms with Gasteiger partial charge in [-0.1, -0.05) is 78.9 Å². The van der Waals surface area contributed by atoms with Gasteiger partial charge in [0.2, 0.25) is 5.78 Å². The Hall–Kier alpha value is -7.48. The van der Waals surface area contributed by atoms with Gasteiger partial charge in [0.1, 0.15) is 82.0 Å². The summed E-state index contributed by atoms with van der Waals surface area (Å²) in [6.45, 7) is 2.01. The molecule has 8 aromatic carbocycles. The summed E-state index contributed by atoms with van der Waals surface area (Å²) in [5.41, 5.74) is -12.5. The van der Waals surface area contributed by atoms with Crippen molar-refractivity contribution in [3.63, 3.8) is 0 Å². The molecule has 8 aromatic rings. The molecule has 8 rings (SSSR count). The fourth-order valence-electron chi connectivity index (χ4n) is 8.83. The van der Waals surface area contributed by atoms with Gasteiger partial charge in [-0.2, -0.15) is 0 Å². The van der Waals surface area contributed by atoms with Crippen molar-refractivity contribution in [3.8, 4) is 0 Å². The van der Waals surface area contributed by atoms with Crippen LogP contribution < -0.4 is 37.8 Å². The van der Waals surface area contributed by atoms with Gasteiger partial charge in [-0.05, 0) is 48.9 Å². The Morgan fingerprint density at radius 2 is 0.514 bits per heavy atom. The molecule has 0 aromatic heterocycles. The van der Waals surface area contributed by atoms with Gasteiger partial charge in [0.05, 0.1) is 0 Å². The summed E-state index contributed by atoms with van der Waals surface area (Å²) >= 11 is 0. The van der Waals surface area contributed by atoms with Crippen molar-refractivity contribution < 1.29 is 92.6 Å². The molecule has 0 N–H and O–H groups in total. The molecule has 74 heavy (non-hydrogen) atoms. The second kappa shape index (κ2) is 20.8. The van der Waals surface area contributed by atoms with Crippen LogP contribution in [-0.2, 0) is 0 Å². The number of carbonyl (C=O) groups is 1. The Balaban J connectivity index is 0.000000237. The molecule has 0 saturated carbocycles. The summed E-state index contributed by atoms with van der Waals surface area (Å²) in [5.74, 6) is -71.2. The van der Waals surface area contributed by atoms with Crippen LogP contribution >= 0.6 is 7.26 Å². The third kappa shape index (κ3) is 8.55. The fourth-order valence-corrected chi connectivity index (χ4v) is 12.9. The highest BCUT2D eigenvalue weighted by atomic mass is 31.2. The molecule has 0 heterocycles. The van der Waals surface area contributed by atoms with E-state index in [0.717, 1.165) is 11.1 Å². The van der Waals surface area contributed by atoms with Crippen LogP contribution in [0.2, 0.25) is 0 Å². The molecule has 0 aliphatic rings.